The lowest BCUT2D eigenvalue weighted by molar-refractivity contribution is -0.137. The first kappa shape index (κ1) is 22.8. The van der Waals surface area contributed by atoms with Crippen LogP contribution in [0.5, 0.6) is 0 Å². The predicted octanol–water partition coefficient (Wildman–Crippen LogP) is 3.04. The molecule has 0 spiro atoms. The third kappa shape index (κ3) is 4.71. The maximum Gasteiger partial charge on any atom is 0.417 e. The fraction of sp³-hybridized carbons (Fsp3) is 0.450. The number of pyridine rings is 1. The molecule has 1 saturated heterocycles. The maximum absolute atomic E-state index is 12.7. The number of halogens is 5. The molecule has 8 nitrogen and oxygen atoms in total. The number of aldehydes is 1. The highest BCUT2D eigenvalue weighted by atomic mass is 19.4. The molecule has 1 fully saturated rings. The number of carbonyl (C=O) groups is 1. The van der Waals surface area contributed by atoms with Gasteiger partial charge >= 0.3 is 6.18 Å². The molecule has 3 aromatic rings. The standard InChI is InChI=1S/C20H20F5N7O/c1-30(17-8-26-14-7-28-32(9-15(21)22)18(14)29-17)5-4-19(12-33)10-31(11-19)16-3-2-13(6-27-16)20(23,24)25/h2-3,6-8,12,15H,4-5,9-11H2,1H3. The van der Waals surface area contributed by atoms with Gasteiger partial charge in [0, 0.05) is 32.9 Å². The Balaban J connectivity index is 1.38. The van der Waals surface area contributed by atoms with E-state index >= 15 is 0 Å². The van der Waals surface area contributed by atoms with E-state index in [9.17, 15) is 26.7 Å². The Morgan fingerprint density at radius 1 is 1.18 bits per heavy atom. The van der Waals surface area contributed by atoms with Crippen LogP contribution < -0.4 is 9.80 Å². The van der Waals surface area contributed by atoms with Crippen LogP contribution in [-0.4, -0.2) is 64.1 Å². The van der Waals surface area contributed by atoms with Gasteiger partial charge in [-0.05, 0) is 18.6 Å². The Morgan fingerprint density at radius 2 is 1.94 bits per heavy atom. The van der Waals surface area contributed by atoms with Gasteiger partial charge in [-0.25, -0.2) is 28.4 Å². The van der Waals surface area contributed by atoms with E-state index in [1.807, 2.05) is 0 Å². The minimum atomic E-state index is -4.46. The molecule has 0 aromatic carbocycles. The van der Waals surface area contributed by atoms with Crippen LogP contribution in [0, 0.1) is 5.41 Å². The monoisotopic (exact) mass is 469 g/mol. The second kappa shape index (κ2) is 8.52. The van der Waals surface area contributed by atoms with Gasteiger partial charge in [0.05, 0.1) is 23.4 Å². The van der Waals surface area contributed by atoms with Crippen LogP contribution in [0.25, 0.3) is 11.2 Å². The van der Waals surface area contributed by atoms with Crippen LogP contribution in [0.1, 0.15) is 12.0 Å². The lowest BCUT2D eigenvalue weighted by Crippen LogP contribution is -2.58. The molecule has 0 atom stereocenters. The summed E-state index contributed by atoms with van der Waals surface area (Å²) in [4.78, 5) is 27.7. The molecule has 1 aliphatic heterocycles. The van der Waals surface area contributed by atoms with Gasteiger partial charge in [-0.15, -0.1) is 0 Å². The van der Waals surface area contributed by atoms with Gasteiger partial charge in [0.25, 0.3) is 6.43 Å². The predicted molar refractivity (Wildman–Crippen MR) is 109 cm³/mol. The molecule has 4 heterocycles. The third-order valence-corrected chi connectivity index (χ3v) is 5.64. The Kier molecular flexibility index (Phi) is 5.89. The van der Waals surface area contributed by atoms with Crippen molar-refractivity contribution in [3.63, 3.8) is 0 Å². The summed E-state index contributed by atoms with van der Waals surface area (Å²) in [7, 11) is 1.75. The molecule has 0 aliphatic carbocycles. The summed E-state index contributed by atoms with van der Waals surface area (Å²) >= 11 is 0. The van der Waals surface area contributed by atoms with E-state index < -0.39 is 30.1 Å². The number of rotatable bonds is 8. The molecule has 0 bridgehead atoms. The summed E-state index contributed by atoms with van der Waals surface area (Å²) in [5.74, 6) is 0.817. The molecule has 13 heteroatoms. The molecule has 0 N–H and O–H groups in total. The Bertz CT molecular complexity index is 1130. The molecular weight excluding hydrogens is 449 g/mol. The van der Waals surface area contributed by atoms with Gasteiger partial charge < -0.3 is 14.6 Å². The fourth-order valence-electron chi connectivity index (χ4n) is 3.70. The fourth-order valence-corrected chi connectivity index (χ4v) is 3.70. The topological polar surface area (TPSA) is 80.0 Å². The van der Waals surface area contributed by atoms with Crippen LogP contribution in [-0.2, 0) is 17.5 Å². The number of carbonyl (C=O) groups excluding carboxylic acids is 1. The molecule has 1 aliphatic rings. The highest BCUT2D eigenvalue weighted by molar-refractivity contribution is 5.71. The number of hydrogen-bond donors (Lipinski definition) is 0. The van der Waals surface area contributed by atoms with Gasteiger partial charge in [0.2, 0.25) is 0 Å². The van der Waals surface area contributed by atoms with Crippen molar-refractivity contribution >= 4 is 29.1 Å². The highest BCUT2D eigenvalue weighted by Gasteiger charge is 2.43. The molecular formula is C20H20F5N7O. The number of fused-ring (bicyclic) bond motifs is 1. The maximum atomic E-state index is 12.7. The quantitative estimate of drug-likeness (QED) is 0.371. The first-order chi connectivity index (χ1) is 15.6. The first-order valence-corrected chi connectivity index (χ1v) is 10.0. The van der Waals surface area contributed by atoms with Gasteiger partial charge in [-0.3, -0.25) is 0 Å². The summed E-state index contributed by atoms with van der Waals surface area (Å²) in [6.07, 6.45) is -2.08. The summed E-state index contributed by atoms with van der Waals surface area (Å²) in [6, 6.07) is 2.25. The second-order valence-corrected chi connectivity index (χ2v) is 8.07. The molecule has 4 rings (SSSR count). The average molecular weight is 469 g/mol. The minimum absolute atomic E-state index is 0.243. The van der Waals surface area contributed by atoms with Gasteiger partial charge in [0.15, 0.2) is 5.65 Å². The van der Waals surface area contributed by atoms with E-state index in [0.29, 0.717) is 43.2 Å². The zero-order valence-corrected chi connectivity index (χ0v) is 17.5. The Hall–Kier alpha value is -3.38. The van der Waals surface area contributed by atoms with Crippen LogP contribution >= 0.6 is 0 Å². The smallest absolute Gasteiger partial charge is 0.358 e. The lowest BCUT2D eigenvalue weighted by atomic mass is 9.78. The van der Waals surface area contributed by atoms with Crippen molar-refractivity contribution in [1.82, 2.24) is 24.7 Å². The number of aromatic nitrogens is 5. The zero-order chi connectivity index (χ0) is 23.8. The molecule has 0 amide bonds. The Morgan fingerprint density at radius 3 is 2.55 bits per heavy atom. The molecule has 33 heavy (non-hydrogen) atoms. The SMILES string of the molecule is CN(CCC1(C=O)CN(c2ccc(C(F)(F)F)cn2)C1)c1cnc2cnn(CC(F)F)c2n1. The van der Waals surface area contributed by atoms with Gasteiger partial charge in [-0.2, -0.15) is 18.3 Å². The van der Waals surface area contributed by atoms with Crippen LogP contribution in [0.4, 0.5) is 33.6 Å². The van der Waals surface area contributed by atoms with Crippen molar-refractivity contribution in [2.24, 2.45) is 5.41 Å². The van der Waals surface area contributed by atoms with E-state index in [0.717, 1.165) is 23.2 Å². The normalized spacial score (nSPS) is 15.7. The Labute approximate surface area is 185 Å². The third-order valence-electron chi connectivity index (χ3n) is 5.64. The number of alkyl halides is 5. The van der Waals surface area contributed by atoms with Crippen LogP contribution in [0.2, 0.25) is 0 Å². The highest BCUT2D eigenvalue weighted by Crippen LogP contribution is 2.36. The summed E-state index contributed by atoms with van der Waals surface area (Å²) < 4.78 is 64.7. The van der Waals surface area contributed by atoms with Gasteiger partial charge in [-0.1, -0.05) is 0 Å². The second-order valence-electron chi connectivity index (χ2n) is 8.07. The number of hydrogen-bond acceptors (Lipinski definition) is 7. The van der Waals surface area contributed by atoms with E-state index in [1.165, 1.54) is 18.5 Å². The van der Waals surface area contributed by atoms with Crippen molar-refractivity contribution in [3.8, 4) is 0 Å². The largest absolute Gasteiger partial charge is 0.417 e. The molecule has 3 aromatic heterocycles. The lowest BCUT2D eigenvalue weighted by Gasteiger charge is -2.48. The van der Waals surface area contributed by atoms with Crippen LogP contribution in [0.15, 0.2) is 30.7 Å². The molecule has 0 unspecified atom stereocenters. The number of nitrogens with zero attached hydrogens (tertiary/aromatic N) is 7. The van der Waals surface area contributed by atoms with Crippen molar-refractivity contribution in [2.45, 2.75) is 25.6 Å². The van der Waals surface area contributed by atoms with Gasteiger partial charge in [0.1, 0.15) is 30.0 Å². The van der Waals surface area contributed by atoms with Crippen molar-refractivity contribution < 1.29 is 26.7 Å². The average Bonchev–Trinajstić information content (AvgIpc) is 3.14. The first-order valence-electron chi connectivity index (χ1n) is 10.0. The molecule has 176 valence electrons. The van der Waals surface area contributed by atoms with E-state index in [4.69, 9.17) is 0 Å². The zero-order valence-electron chi connectivity index (χ0n) is 17.5. The van der Waals surface area contributed by atoms with E-state index in [-0.39, 0.29) is 5.65 Å². The summed E-state index contributed by atoms with van der Waals surface area (Å²) in [5.41, 5.74) is -0.861. The minimum Gasteiger partial charge on any atom is -0.358 e. The van der Waals surface area contributed by atoms with Crippen molar-refractivity contribution in [1.29, 1.82) is 0 Å². The molecule has 0 saturated carbocycles. The van der Waals surface area contributed by atoms with Crippen LogP contribution in [0.3, 0.4) is 0 Å². The van der Waals surface area contributed by atoms with Crippen molar-refractivity contribution in [3.05, 3.63) is 36.3 Å². The van der Waals surface area contributed by atoms with E-state index in [2.05, 4.69) is 20.1 Å². The summed E-state index contributed by atoms with van der Waals surface area (Å²) in [6.45, 7) is 0.493. The molecule has 0 radical (unpaired) electrons. The van der Waals surface area contributed by atoms with E-state index in [1.54, 1.807) is 16.8 Å². The summed E-state index contributed by atoms with van der Waals surface area (Å²) in [5, 5.41) is 3.89. The van der Waals surface area contributed by atoms with Crippen molar-refractivity contribution in [2.75, 3.05) is 36.5 Å². The number of anilines is 2.